The summed E-state index contributed by atoms with van der Waals surface area (Å²) in [6, 6.07) is -1.81. The van der Waals surface area contributed by atoms with E-state index in [-0.39, 0.29) is 42.5 Å². The number of nitrogens with one attached hydrogen (secondary N) is 1. The van der Waals surface area contributed by atoms with Crippen LogP contribution in [0, 0.1) is 5.41 Å². The number of aromatic nitrogens is 3. The molecule has 2 fully saturated rings. The zero-order valence-electron chi connectivity index (χ0n) is 21.4. The van der Waals surface area contributed by atoms with Crippen LogP contribution in [-0.4, -0.2) is 92.4 Å². The van der Waals surface area contributed by atoms with Gasteiger partial charge in [-0.25, -0.2) is 23.1 Å². The van der Waals surface area contributed by atoms with Crippen LogP contribution in [0.15, 0.2) is 18.5 Å². The lowest BCUT2D eigenvalue weighted by atomic mass is 9.43. The van der Waals surface area contributed by atoms with Crippen molar-refractivity contribution in [3.05, 3.63) is 29.7 Å². The maximum atomic E-state index is 15.1. The first-order valence-corrected chi connectivity index (χ1v) is 12.2. The Hall–Kier alpha value is -2.28. The molecule has 2 aliphatic rings. The number of hydrogen-bond donors (Lipinski definition) is 2. The van der Waals surface area contributed by atoms with Crippen LogP contribution in [0.25, 0.3) is 5.65 Å². The first-order chi connectivity index (χ1) is 17.8. The molecular weight excluding hydrogens is 519 g/mol. The van der Waals surface area contributed by atoms with Gasteiger partial charge in [0.2, 0.25) is 0 Å². The summed E-state index contributed by atoms with van der Waals surface area (Å²) < 4.78 is 77.0. The van der Waals surface area contributed by atoms with E-state index < -0.39 is 46.3 Å². The highest BCUT2D eigenvalue weighted by molar-refractivity contribution is 6.48. The van der Waals surface area contributed by atoms with E-state index in [0.717, 1.165) is 26.7 Å². The molecule has 8 radical (unpaired) electrons. The number of carbonyl (C=O) groups excluding carboxylic acids is 1. The number of carbonyl (C=O) groups is 1. The molecule has 202 valence electrons. The lowest BCUT2D eigenvalue weighted by Crippen LogP contribution is -2.83. The highest BCUT2D eigenvalue weighted by Crippen LogP contribution is 2.44. The maximum absolute atomic E-state index is 15.1. The summed E-state index contributed by atoms with van der Waals surface area (Å²) in [4.78, 5) is 17.8. The van der Waals surface area contributed by atoms with E-state index in [9.17, 15) is 18.0 Å². The smallest absolute Gasteiger partial charge is 0.376 e. The summed E-state index contributed by atoms with van der Waals surface area (Å²) in [7, 11) is 22.5. The van der Waals surface area contributed by atoms with Crippen molar-refractivity contribution >= 4 is 43.1 Å². The molecule has 2 atom stereocenters. The van der Waals surface area contributed by atoms with Crippen molar-refractivity contribution in [1.29, 1.82) is 0 Å². The fourth-order valence-corrected chi connectivity index (χ4v) is 4.22. The second kappa shape index (κ2) is 9.67. The van der Waals surface area contributed by atoms with Crippen molar-refractivity contribution in [2.75, 3.05) is 6.61 Å². The summed E-state index contributed by atoms with van der Waals surface area (Å²) in [5.41, 5.74) is 4.85. The van der Waals surface area contributed by atoms with Crippen LogP contribution in [0.2, 0.25) is 0 Å². The minimum absolute atomic E-state index is 0.00702. The molecule has 2 aromatic rings. The largest absolute Gasteiger partial charge is 0.393 e. The van der Waals surface area contributed by atoms with Crippen molar-refractivity contribution < 1.29 is 31.5 Å². The minimum Gasteiger partial charge on any atom is -0.376 e. The van der Waals surface area contributed by atoms with Crippen molar-refractivity contribution in [3.63, 3.8) is 0 Å². The van der Waals surface area contributed by atoms with E-state index in [4.69, 9.17) is 41.9 Å². The molecule has 4 rings (SSSR count). The van der Waals surface area contributed by atoms with Crippen LogP contribution in [0.5, 0.6) is 0 Å². The van der Waals surface area contributed by atoms with Gasteiger partial charge in [0.15, 0.2) is 5.65 Å². The molecule has 0 unspecified atom stereocenters. The fourth-order valence-electron chi connectivity index (χ4n) is 4.22. The van der Waals surface area contributed by atoms with Gasteiger partial charge in [0.25, 0.3) is 5.92 Å². The number of hydrogen-bond acceptors (Lipinski definition) is 5. The molecule has 1 aliphatic carbocycles. The van der Waals surface area contributed by atoms with Gasteiger partial charge in [-0.05, 0) is 31.7 Å². The molecule has 8 nitrogen and oxygen atoms in total. The molecule has 1 saturated carbocycles. The SMILES string of the molecule is [B]C1([B])NC(=O)N([C@H](COC2CC2)c2cnn3cc([C@@H](N)CCC(C)(C)C(F)(F)F)nc3c2)C([B])([B])C1(F)F. The molecule has 1 aliphatic heterocycles. The molecule has 3 heterocycles. The topological polar surface area (TPSA) is 97.8 Å². The molecule has 0 spiro atoms. The fraction of sp³-hybridized carbons (Fsp3) is 0.682. The normalized spacial score (nSPS) is 22.5. The zero-order valence-corrected chi connectivity index (χ0v) is 21.4. The second-order valence-electron chi connectivity index (χ2n) is 10.9. The van der Waals surface area contributed by atoms with Gasteiger partial charge in [-0.15, -0.1) is 0 Å². The Morgan fingerprint density at radius 2 is 1.87 bits per heavy atom. The first-order valence-electron chi connectivity index (χ1n) is 12.2. The van der Waals surface area contributed by atoms with Crippen molar-refractivity contribution in [2.45, 2.75) is 80.5 Å². The standard InChI is InChI=1S/C22H25B4F5N6O2/c1-18(2,22(29,30)31)6-5-13(32)14-9-36-16(34-14)7-11(8-33-36)15(10-39-12-3-4-12)37-17(38)35-20(23,24)19(27,28)21(37,25)26/h7-9,12-13,15H,3-6,10,32H2,1-2H3,(H,35,38)/t13-,15+/m0/s1. The summed E-state index contributed by atoms with van der Waals surface area (Å²) in [6.07, 6.45) is -0.515. The molecule has 1 saturated heterocycles. The van der Waals surface area contributed by atoms with E-state index in [0.29, 0.717) is 4.90 Å². The van der Waals surface area contributed by atoms with Gasteiger partial charge in [0.05, 0.1) is 73.6 Å². The van der Waals surface area contributed by atoms with Gasteiger partial charge in [-0.2, -0.15) is 18.3 Å². The van der Waals surface area contributed by atoms with Crippen LogP contribution in [0.1, 0.15) is 62.9 Å². The molecule has 17 heteroatoms. The number of halogens is 5. The van der Waals surface area contributed by atoms with E-state index >= 15 is 8.78 Å². The lowest BCUT2D eigenvalue weighted by Gasteiger charge is -2.58. The number of urea groups is 1. The van der Waals surface area contributed by atoms with Crippen LogP contribution in [0.3, 0.4) is 0 Å². The highest BCUT2D eigenvalue weighted by Gasteiger charge is 2.64. The Balaban J connectivity index is 1.64. The Bertz CT molecular complexity index is 1240. The molecule has 2 aromatic heterocycles. The second-order valence-corrected chi connectivity index (χ2v) is 10.9. The number of nitrogens with zero attached hydrogens (tertiary/aromatic N) is 4. The third-order valence-corrected chi connectivity index (χ3v) is 7.25. The molecule has 39 heavy (non-hydrogen) atoms. The lowest BCUT2D eigenvalue weighted by molar-refractivity contribution is -0.214. The van der Waals surface area contributed by atoms with Crippen molar-refractivity contribution in [1.82, 2.24) is 24.8 Å². The van der Waals surface area contributed by atoms with Crippen LogP contribution < -0.4 is 11.1 Å². The molecule has 0 bridgehead atoms. The van der Waals surface area contributed by atoms with E-state index in [1.54, 1.807) is 0 Å². The average Bonchev–Trinajstić information content (AvgIpc) is 3.53. The molecule has 3 N–H and O–H groups in total. The van der Waals surface area contributed by atoms with Gasteiger partial charge >= 0.3 is 12.2 Å². The molecule has 2 amide bonds. The van der Waals surface area contributed by atoms with E-state index in [1.165, 1.54) is 23.0 Å². The van der Waals surface area contributed by atoms with Gasteiger partial charge in [0.1, 0.15) is 0 Å². The summed E-state index contributed by atoms with van der Waals surface area (Å²) in [5, 5.41) is -0.101. The van der Waals surface area contributed by atoms with E-state index in [1.807, 2.05) is 5.32 Å². The van der Waals surface area contributed by atoms with Gasteiger partial charge in [0, 0.05) is 22.3 Å². The minimum atomic E-state index is -4.40. The number of ether oxygens (including phenoxy) is 1. The first kappa shape index (κ1) is 29.7. The van der Waals surface area contributed by atoms with Crippen molar-refractivity contribution in [2.24, 2.45) is 11.1 Å². The summed E-state index contributed by atoms with van der Waals surface area (Å²) >= 11 is 0. The highest BCUT2D eigenvalue weighted by atomic mass is 19.4. The van der Waals surface area contributed by atoms with E-state index in [2.05, 4.69) is 10.1 Å². The number of rotatable bonds is 9. The number of alkyl halides is 5. The molecular formula is C22H25B4F5N6O2. The maximum Gasteiger partial charge on any atom is 0.393 e. The predicted molar refractivity (Wildman–Crippen MR) is 134 cm³/mol. The van der Waals surface area contributed by atoms with Crippen LogP contribution in [0.4, 0.5) is 26.7 Å². The number of amides is 2. The molecule has 0 aromatic carbocycles. The average molecular weight is 544 g/mol. The zero-order chi connectivity index (χ0) is 29.2. The van der Waals surface area contributed by atoms with Gasteiger partial charge in [-0.1, -0.05) is 13.8 Å². The van der Waals surface area contributed by atoms with Gasteiger partial charge in [-0.3, -0.25) is 0 Å². The Labute approximate surface area is 227 Å². The van der Waals surface area contributed by atoms with Crippen molar-refractivity contribution in [3.8, 4) is 0 Å². The van der Waals surface area contributed by atoms with Crippen LogP contribution in [-0.2, 0) is 4.74 Å². The third-order valence-electron chi connectivity index (χ3n) is 7.25. The van der Waals surface area contributed by atoms with Crippen LogP contribution >= 0.6 is 0 Å². The number of imidazole rings is 1. The summed E-state index contributed by atoms with van der Waals surface area (Å²) in [6.45, 7) is 1.93. The number of fused-ring (bicyclic) bond motifs is 1. The Morgan fingerprint density at radius 1 is 1.23 bits per heavy atom. The quantitative estimate of drug-likeness (QED) is 0.372. The Morgan fingerprint density at radius 3 is 2.46 bits per heavy atom. The third kappa shape index (κ3) is 5.40. The number of nitrogens with two attached hydrogens (primary N) is 1. The van der Waals surface area contributed by atoms with Gasteiger partial charge < -0.3 is 20.7 Å². The monoisotopic (exact) mass is 544 g/mol. The summed E-state index contributed by atoms with van der Waals surface area (Å²) in [5.74, 6) is -4.19. The predicted octanol–water partition coefficient (Wildman–Crippen LogP) is 1.96. The Kier molecular flexibility index (Phi) is 7.37.